The minimum absolute atomic E-state index is 0.00414. The van der Waals surface area contributed by atoms with Crippen molar-refractivity contribution in [1.82, 2.24) is 24.8 Å². The molecular weight excluding hydrogens is 553 g/mol. The molecule has 2 saturated heterocycles. The number of amides is 1. The number of likely N-dealkylation sites (N-methyl/N-ethyl adjacent to an activating group) is 1. The van der Waals surface area contributed by atoms with Crippen LogP contribution >= 0.6 is 11.6 Å². The van der Waals surface area contributed by atoms with Crippen LogP contribution in [0.25, 0.3) is 10.9 Å². The van der Waals surface area contributed by atoms with E-state index in [1.165, 1.54) is 6.20 Å². The molecule has 2 aromatic heterocycles. The predicted octanol–water partition coefficient (Wildman–Crippen LogP) is 3.66. The summed E-state index contributed by atoms with van der Waals surface area (Å²) in [6, 6.07) is 11.1. The van der Waals surface area contributed by atoms with Crippen molar-refractivity contribution in [3.8, 4) is 12.1 Å². The maximum Gasteiger partial charge on any atom is 0.410 e. The molecule has 3 atom stereocenters. The molecule has 1 unspecified atom stereocenters. The van der Waals surface area contributed by atoms with Crippen molar-refractivity contribution in [1.29, 1.82) is 5.26 Å². The van der Waals surface area contributed by atoms with Gasteiger partial charge in [0.05, 0.1) is 30.0 Å². The fraction of sp³-hybridized carbons (Fsp3) is 0.464. The van der Waals surface area contributed by atoms with Crippen molar-refractivity contribution in [2.45, 2.75) is 37.6 Å². The van der Waals surface area contributed by atoms with Crippen LogP contribution in [0.2, 0.25) is 5.15 Å². The van der Waals surface area contributed by atoms with Crippen LogP contribution in [-0.2, 0) is 16.1 Å². The summed E-state index contributed by atoms with van der Waals surface area (Å²) in [6.07, 6.45) is 1.90. The van der Waals surface area contributed by atoms with Gasteiger partial charge in [0.25, 0.3) is 0 Å². The normalized spacial score (nSPS) is 21.2. The first kappa shape index (κ1) is 28.7. The number of carbonyl (C=O) groups excluding carboxylic acids is 1. The number of fused-ring (bicyclic) bond motifs is 1. The number of pyridine rings is 1. The Labute approximate surface area is 242 Å². The van der Waals surface area contributed by atoms with Gasteiger partial charge in [-0.2, -0.15) is 15.2 Å². The lowest BCUT2D eigenvalue weighted by Crippen LogP contribution is -2.55. The number of hydrogen-bond donors (Lipinski definition) is 0. The van der Waals surface area contributed by atoms with Crippen LogP contribution in [0.4, 0.5) is 15.0 Å². The van der Waals surface area contributed by atoms with Gasteiger partial charge in [-0.25, -0.2) is 14.2 Å². The first-order valence-electron chi connectivity index (χ1n) is 13.3. The molecule has 0 saturated carbocycles. The molecule has 11 nitrogen and oxygen atoms in total. The molecule has 1 aromatic carbocycles. The van der Waals surface area contributed by atoms with Gasteiger partial charge in [0.2, 0.25) is 0 Å². The summed E-state index contributed by atoms with van der Waals surface area (Å²) in [5, 5.41) is 9.57. The largest absolute Gasteiger partial charge is 0.462 e. The molecule has 2 fully saturated rings. The molecule has 2 aliphatic heterocycles. The van der Waals surface area contributed by atoms with Gasteiger partial charge >= 0.3 is 12.1 Å². The van der Waals surface area contributed by atoms with Crippen molar-refractivity contribution in [3.05, 3.63) is 53.1 Å². The molecule has 0 aliphatic carbocycles. The lowest BCUT2D eigenvalue weighted by molar-refractivity contribution is 0.0768. The van der Waals surface area contributed by atoms with Crippen LogP contribution in [0, 0.1) is 17.1 Å². The third-order valence-electron chi connectivity index (χ3n) is 7.54. The number of benzene rings is 1. The summed E-state index contributed by atoms with van der Waals surface area (Å²) >= 11 is 5.99. The highest BCUT2D eigenvalue weighted by Gasteiger charge is 2.34. The number of anilines is 1. The fourth-order valence-electron chi connectivity index (χ4n) is 5.24. The zero-order chi connectivity index (χ0) is 28.9. The topological polar surface area (TPSA) is 117 Å². The summed E-state index contributed by atoms with van der Waals surface area (Å²) in [5.41, 5.74) is 0.854. The highest BCUT2D eigenvalue weighted by molar-refractivity contribution is 6.30. The Morgan fingerprint density at radius 3 is 2.73 bits per heavy atom. The van der Waals surface area contributed by atoms with Crippen molar-refractivity contribution in [3.63, 3.8) is 0 Å². The molecule has 2 aliphatic rings. The fourth-order valence-corrected chi connectivity index (χ4v) is 5.38. The predicted molar refractivity (Wildman–Crippen MR) is 149 cm³/mol. The van der Waals surface area contributed by atoms with Gasteiger partial charge in [0.1, 0.15) is 24.5 Å². The van der Waals surface area contributed by atoms with Crippen molar-refractivity contribution in [2.75, 3.05) is 51.8 Å². The number of methoxy groups -OCH3 is 1. The van der Waals surface area contributed by atoms with Crippen LogP contribution in [-0.4, -0.2) is 96.0 Å². The van der Waals surface area contributed by atoms with Crippen molar-refractivity contribution in [2.24, 2.45) is 0 Å². The minimum atomic E-state index is -0.771. The number of rotatable bonds is 8. The third kappa shape index (κ3) is 6.43. The Morgan fingerprint density at radius 1 is 1.20 bits per heavy atom. The van der Waals surface area contributed by atoms with Crippen LogP contribution in [0.1, 0.15) is 18.4 Å². The van der Waals surface area contributed by atoms with E-state index >= 15 is 4.39 Å². The Balaban J connectivity index is 1.36. The van der Waals surface area contributed by atoms with Gasteiger partial charge in [-0.15, -0.1) is 0 Å². The molecule has 216 valence electrons. The van der Waals surface area contributed by atoms with Gasteiger partial charge in [-0.05, 0) is 19.0 Å². The summed E-state index contributed by atoms with van der Waals surface area (Å²) in [7, 11) is 3.67. The SMILES string of the molecule is CO[C@@H]1CC(COc2nc(N3CCN(C(=O)OCc4ccccc4)[C@@H](CC#N)C3)c3cnc(Cl)c(F)c3n2)N(C)C1. The number of aromatic nitrogens is 3. The Kier molecular flexibility index (Phi) is 8.97. The van der Waals surface area contributed by atoms with Gasteiger partial charge in [0, 0.05) is 45.5 Å². The van der Waals surface area contributed by atoms with E-state index in [0.29, 0.717) is 24.4 Å². The molecule has 0 N–H and O–H groups in total. The average Bonchev–Trinajstić information content (AvgIpc) is 3.36. The van der Waals surface area contributed by atoms with E-state index in [1.54, 1.807) is 12.0 Å². The van der Waals surface area contributed by atoms with E-state index in [9.17, 15) is 10.1 Å². The van der Waals surface area contributed by atoms with Gasteiger partial charge in [-0.3, -0.25) is 4.90 Å². The first-order chi connectivity index (χ1) is 19.9. The highest BCUT2D eigenvalue weighted by atomic mass is 35.5. The number of halogens is 2. The van der Waals surface area contributed by atoms with Crippen molar-refractivity contribution < 1.29 is 23.4 Å². The van der Waals surface area contributed by atoms with Crippen LogP contribution in [0.5, 0.6) is 6.01 Å². The Morgan fingerprint density at radius 2 is 2.00 bits per heavy atom. The molecule has 4 heterocycles. The number of ether oxygens (including phenoxy) is 3. The Bertz CT molecular complexity index is 1430. The van der Waals surface area contributed by atoms with E-state index in [4.69, 9.17) is 25.8 Å². The quantitative estimate of drug-likeness (QED) is 0.364. The summed E-state index contributed by atoms with van der Waals surface area (Å²) in [5.74, 6) is -0.380. The second-order valence-corrected chi connectivity index (χ2v) is 10.5. The third-order valence-corrected chi connectivity index (χ3v) is 7.80. The number of likely N-dealkylation sites (tertiary alicyclic amines) is 1. The molecule has 0 radical (unpaired) electrons. The molecule has 1 amide bonds. The maximum atomic E-state index is 15.1. The lowest BCUT2D eigenvalue weighted by Gasteiger charge is -2.40. The molecule has 3 aromatic rings. The average molecular weight is 584 g/mol. The number of hydrogen-bond acceptors (Lipinski definition) is 10. The number of nitriles is 1. The monoisotopic (exact) mass is 583 g/mol. The molecule has 41 heavy (non-hydrogen) atoms. The van der Waals surface area contributed by atoms with Gasteiger partial charge < -0.3 is 24.0 Å². The number of piperazine rings is 1. The summed E-state index contributed by atoms with van der Waals surface area (Å²) in [4.78, 5) is 31.5. The number of carbonyl (C=O) groups is 1. The zero-order valence-electron chi connectivity index (χ0n) is 22.9. The highest BCUT2D eigenvalue weighted by Crippen LogP contribution is 2.32. The van der Waals surface area contributed by atoms with E-state index in [0.717, 1.165) is 18.5 Å². The molecule has 0 bridgehead atoms. The lowest BCUT2D eigenvalue weighted by atomic mass is 10.1. The Hall–Kier alpha value is -3.79. The standard InChI is InChI=1S/C28H31ClFN7O4/c1-35-15-21(39-2)12-20(35)17-40-27-33-24-22(13-32-25(29)23(24)30)26(34-27)36-10-11-37(19(14-36)8-9-31)28(38)41-16-18-6-4-3-5-7-18/h3-7,13,19-21H,8,10-12,14-17H2,1-2H3/t19-,20?,21+/m0/s1. The van der Waals surface area contributed by atoms with Gasteiger partial charge in [-0.1, -0.05) is 41.9 Å². The van der Waals surface area contributed by atoms with E-state index < -0.39 is 18.0 Å². The van der Waals surface area contributed by atoms with Crippen molar-refractivity contribution >= 4 is 34.4 Å². The second kappa shape index (κ2) is 12.8. The minimum Gasteiger partial charge on any atom is -0.462 e. The van der Waals surface area contributed by atoms with E-state index in [1.807, 2.05) is 42.3 Å². The van der Waals surface area contributed by atoms with Gasteiger partial charge in [0.15, 0.2) is 11.0 Å². The smallest absolute Gasteiger partial charge is 0.410 e. The zero-order valence-corrected chi connectivity index (χ0v) is 23.6. The van der Waals surface area contributed by atoms with Crippen LogP contribution < -0.4 is 9.64 Å². The summed E-state index contributed by atoms with van der Waals surface area (Å²) in [6.45, 7) is 2.10. The molecular formula is C28H31ClFN7O4. The second-order valence-electron chi connectivity index (χ2n) is 10.1. The van der Waals surface area contributed by atoms with Crippen LogP contribution in [0.15, 0.2) is 36.5 Å². The van der Waals surface area contributed by atoms with Crippen LogP contribution in [0.3, 0.4) is 0 Å². The maximum absolute atomic E-state index is 15.1. The first-order valence-corrected chi connectivity index (χ1v) is 13.7. The number of nitrogens with zero attached hydrogens (tertiary/aromatic N) is 7. The summed E-state index contributed by atoms with van der Waals surface area (Å²) < 4.78 is 32.1. The van der Waals surface area contributed by atoms with E-state index in [-0.39, 0.29) is 54.9 Å². The van der Waals surface area contributed by atoms with E-state index in [2.05, 4.69) is 25.9 Å². The molecule has 5 rings (SSSR count). The molecule has 13 heteroatoms. The molecule has 0 spiro atoms.